The summed E-state index contributed by atoms with van der Waals surface area (Å²) < 4.78 is 0. The maximum Gasteiger partial charge on any atom is 0.215 e. The molecule has 0 bridgehead atoms. The zero-order valence-corrected chi connectivity index (χ0v) is 9.49. The molecule has 0 aliphatic carbocycles. The van der Waals surface area contributed by atoms with Gasteiger partial charge in [-0.3, -0.25) is 0 Å². The number of hydrogen-bond donors (Lipinski definition) is 0. The highest BCUT2D eigenvalue weighted by molar-refractivity contribution is 7.16. The van der Waals surface area contributed by atoms with Crippen LogP contribution < -0.4 is 5.19 Å². The first-order chi connectivity index (χ1) is 5.79. The van der Waals surface area contributed by atoms with Gasteiger partial charge in [0.2, 0.25) is 8.11 Å². The second-order valence-electron chi connectivity index (χ2n) is 2.55. The topological polar surface area (TPSA) is 0 Å². The van der Waals surface area contributed by atoms with Crippen LogP contribution in [0, 0.1) is 0 Å². The Bertz CT molecular complexity index is 250. The van der Waals surface area contributed by atoms with E-state index in [1.54, 1.807) is 0 Å². The van der Waals surface area contributed by atoms with Crippen molar-refractivity contribution < 1.29 is 0 Å². The van der Waals surface area contributed by atoms with E-state index in [4.69, 9.17) is 22.7 Å². The lowest BCUT2D eigenvalue weighted by Gasteiger charge is -2.08. The number of rotatable bonds is 3. The minimum atomic E-state index is -1.01. The molecule has 0 N–H and O–H groups in total. The number of aryl methyl sites for hydroxylation is 1. The molecule has 65 valence electrons. The molecule has 0 amide bonds. The SMILES string of the molecule is CCc1ccccc1[Si](Cl)CCl. The van der Waals surface area contributed by atoms with E-state index in [0.717, 1.165) is 6.42 Å². The van der Waals surface area contributed by atoms with Crippen LogP contribution in [0.1, 0.15) is 12.5 Å². The van der Waals surface area contributed by atoms with Gasteiger partial charge in [0.1, 0.15) is 0 Å². The largest absolute Gasteiger partial charge is 0.215 e. The molecular weight excluding hydrogens is 207 g/mol. The van der Waals surface area contributed by atoms with Gasteiger partial charge in [-0.05, 0) is 17.2 Å². The molecule has 0 unspecified atom stereocenters. The Balaban J connectivity index is 2.96. The van der Waals surface area contributed by atoms with Gasteiger partial charge in [0.05, 0.1) is 0 Å². The van der Waals surface area contributed by atoms with Crippen molar-refractivity contribution in [3.8, 4) is 0 Å². The summed E-state index contributed by atoms with van der Waals surface area (Å²) in [5.41, 5.74) is 1.91. The van der Waals surface area contributed by atoms with Crippen molar-refractivity contribution in [3.05, 3.63) is 29.8 Å². The Morgan fingerprint density at radius 3 is 2.58 bits per heavy atom. The monoisotopic (exact) mass is 217 g/mol. The smallest absolute Gasteiger partial charge is 0.161 e. The fraction of sp³-hybridized carbons (Fsp3) is 0.333. The molecular formula is C9H11Cl2Si. The van der Waals surface area contributed by atoms with Crippen LogP contribution in [-0.4, -0.2) is 13.6 Å². The van der Waals surface area contributed by atoms with Crippen molar-refractivity contribution in [2.24, 2.45) is 0 Å². The Kier molecular flexibility index (Phi) is 4.13. The van der Waals surface area contributed by atoms with Gasteiger partial charge in [-0.15, -0.1) is 11.6 Å². The predicted molar refractivity (Wildman–Crippen MR) is 57.8 cm³/mol. The van der Waals surface area contributed by atoms with E-state index < -0.39 is 8.11 Å². The quantitative estimate of drug-likeness (QED) is 0.415. The third kappa shape index (κ3) is 2.25. The first kappa shape index (κ1) is 10.1. The van der Waals surface area contributed by atoms with E-state index in [-0.39, 0.29) is 0 Å². The first-order valence-corrected chi connectivity index (χ1v) is 7.20. The fourth-order valence-corrected chi connectivity index (χ4v) is 3.18. The van der Waals surface area contributed by atoms with Gasteiger partial charge in [0.25, 0.3) is 0 Å². The van der Waals surface area contributed by atoms with E-state index in [0.29, 0.717) is 5.50 Å². The standard InChI is InChI=1S/C9H11Cl2Si/c1-2-8-5-3-4-6-9(8)12(11)7-10/h3-6H,2,7H2,1H3. The molecule has 1 rings (SSSR count). The average molecular weight is 218 g/mol. The predicted octanol–water partition coefficient (Wildman–Crippen LogP) is 2.46. The molecule has 0 aliphatic heterocycles. The summed E-state index contributed by atoms with van der Waals surface area (Å²) in [5, 5.41) is 1.27. The van der Waals surface area contributed by atoms with Crippen LogP contribution in [0.15, 0.2) is 24.3 Å². The summed E-state index contributed by atoms with van der Waals surface area (Å²) in [7, 11) is -1.01. The number of benzene rings is 1. The van der Waals surface area contributed by atoms with E-state index >= 15 is 0 Å². The normalized spacial score (nSPS) is 10.7. The Morgan fingerprint density at radius 1 is 1.33 bits per heavy atom. The third-order valence-corrected chi connectivity index (χ3v) is 5.34. The van der Waals surface area contributed by atoms with Gasteiger partial charge in [-0.25, -0.2) is 0 Å². The first-order valence-electron chi connectivity index (χ1n) is 3.95. The summed E-state index contributed by atoms with van der Waals surface area (Å²) in [6.07, 6.45) is 1.04. The van der Waals surface area contributed by atoms with Gasteiger partial charge in [-0.1, -0.05) is 31.2 Å². The summed E-state index contributed by atoms with van der Waals surface area (Å²) >= 11 is 11.9. The molecule has 0 saturated carbocycles. The molecule has 1 aromatic rings. The molecule has 3 heteroatoms. The third-order valence-electron chi connectivity index (χ3n) is 1.81. The highest BCUT2D eigenvalue weighted by Crippen LogP contribution is 2.02. The van der Waals surface area contributed by atoms with Gasteiger partial charge in [0, 0.05) is 5.50 Å². The van der Waals surface area contributed by atoms with Crippen molar-refractivity contribution in [1.82, 2.24) is 0 Å². The van der Waals surface area contributed by atoms with E-state index in [2.05, 4.69) is 19.1 Å². The van der Waals surface area contributed by atoms with Gasteiger partial charge < -0.3 is 0 Å². The van der Waals surface area contributed by atoms with Crippen LogP contribution in [0.5, 0.6) is 0 Å². The van der Waals surface area contributed by atoms with E-state index in [9.17, 15) is 0 Å². The lowest BCUT2D eigenvalue weighted by Crippen LogP contribution is -2.29. The van der Waals surface area contributed by atoms with Crippen LogP contribution in [0.4, 0.5) is 0 Å². The van der Waals surface area contributed by atoms with Crippen molar-refractivity contribution >= 4 is 36.0 Å². The molecule has 0 aliphatic rings. The number of hydrogen-bond acceptors (Lipinski definition) is 0. The van der Waals surface area contributed by atoms with Crippen LogP contribution in [0.25, 0.3) is 0 Å². The minimum Gasteiger partial charge on any atom is -0.161 e. The van der Waals surface area contributed by atoms with Crippen molar-refractivity contribution in [2.45, 2.75) is 13.3 Å². The molecule has 0 fully saturated rings. The van der Waals surface area contributed by atoms with Crippen LogP contribution in [-0.2, 0) is 6.42 Å². The number of halogens is 2. The van der Waals surface area contributed by atoms with Gasteiger partial charge >= 0.3 is 0 Å². The van der Waals surface area contributed by atoms with Crippen LogP contribution in [0.3, 0.4) is 0 Å². The van der Waals surface area contributed by atoms with Gasteiger partial charge in [-0.2, -0.15) is 11.1 Å². The summed E-state index contributed by atoms with van der Waals surface area (Å²) in [5.74, 6) is 0. The zero-order chi connectivity index (χ0) is 8.97. The average Bonchev–Trinajstić information content (AvgIpc) is 2.16. The van der Waals surface area contributed by atoms with Gasteiger partial charge in [0.15, 0.2) is 0 Å². The molecule has 12 heavy (non-hydrogen) atoms. The molecule has 0 atom stereocenters. The zero-order valence-electron chi connectivity index (χ0n) is 6.98. The van der Waals surface area contributed by atoms with E-state index in [1.165, 1.54) is 10.8 Å². The molecule has 0 spiro atoms. The maximum absolute atomic E-state index is 6.14. The Morgan fingerprint density at radius 2 is 2.00 bits per heavy atom. The molecule has 1 radical (unpaired) electrons. The van der Waals surface area contributed by atoms with Crippen LogP contribution >= 0.6 is 22.7 Å². The molecule has 0 saturated heterocycles. The Hall–Kier alpha value is 0.0169. The fourth-order valence-electron chi connectivity index (χ4n) is 1.17. The maximum atomic E-state index is 6.14. The Labute approximate surface area is 84.8 Å². The van der Waals surface area contributed by atoms with E-state index in [1.807, 2.05) is 12.1 Å². The minimum absolute atomic E-state index is 0.573. The summed E-state index contributed by atoms with van der Waals surface area (Å²) in [6.45, 7) is 2.14. The summed E-state index contributed by atoms with van der Waals surface area (Å²) in [4.78, 5) is 0. The molecule has 0 aromatic heterocycles. The molecule has 0 nitrogen and oxygen atoms in total. The second kappa shape index (κ2) is 4.90. The molecule has 1 aromatic carbocycles. The molecule has 0 heterocycles. The van der Waals surface area contributed by atoms with Crippen molar-refractivity contribution in [2.75, 3.05) is 5.50 Å². The second-order valence-corrected chi connectivity index (χ2v) is 6.34. The van der Waals surface area contributed by atoms with Crippen molar-refractivity contribution in [3.63, 3.8) is 0 Å². The highest BCUT2D eigenvalue weighted by Gasteiger charge is 2.12. The number of alkyl halides is 1. The summed E-state index contributed by atoms with van der Waals surface area (Å²) in [6, 6.07) is 8.27. The lowest BCUT2D eigenvalue weighted by molar-refractivity contribution is 1.15. The highest BCUT2D eigenvalue weighted by atomic mass is 35.6. The van der Waals surface area contributed by atoms with Crippen LogP contribution in [0.2, 0.25) is 0 Å². The lowest BCUT2D eigenvalue weighted by atomic mass is 10.2. The van der Waals surface area contributed by atoms with Crippen molar-refractivity contribution in [1.29, 1.82) is 0 Å².